The molecule has 20 heavy (non-hydrogen) atoms. The van der Waals surface area contributed by atoms with Crippen LogP contribution in [0.3, 0.4) is 0 Å². The van der Waals surface area contributed by atoms with Crippen LogP contribution in [0.4, 0.5) is 24.9 Å². The van der Waals surface area contributed by atoms with E-state index in [2.05, 4.69) is 16.9 Å². The van der Waals surface area contributed by atoms with Gasteiger partial charge in [-0.3, -0.25) is 0 Å². The third kappa shape index (κ3) is 4.54. The number of halogens is 3. The van der Waals surface area contributed by atoms with E-state index >= 15 is 0 Å². The molecule has 0 saturated heterocycles. The summed E-state index contributed by atoms with van der Waals surface area (Å²) in [7, 11) is 0. The minimum atomic E-state index is -4.52. The normalized spacial score (nSPS) is 11.9. The van der Waals surface area contributed by atoms with Crippen LogP contribution in [0.1, 0.15) is 45.7 Å². The molecule has 114 valence electrons. The van der Waals surface area contributed by atoms with Gasteiger partial charge in [0.05, 0.1) is 0 Å². The molecular formula is C13H21F3N4. The first-order valence-corrected chi connectivity index (χ1v) is 6.74. The van der Waals surface area contributed by atoms with Crippen molar-refractivity contribution in [3.8, 4) is 0 Å². The predicted octanol–water partition coefficient (Wildman–Crippen LogP) is 3.48. The van der Waals surface area contributed by atoms with Crippen molar-refractivity contribution < 1.29 is 13.2 Å². The summed E-state index contributed by atoms with van der Waals surface area (Å²) in [6.07, 6.45) is -1.54. The van der Waals surface area contributed by atoms with Gasteiger partial charge >= 0.3 is 6.18 Å². The third-order valence-electron chi connectivity index (χ3n) is 2.94. The molecule has 2 N–H and O–H groups in total. The minimum absolute atomic E-state index is 0.0437. The molecular weight excluding hydrogens is 269 g/mol. The molecule has 0 amide bonds. The molecule has 4 nitrogen and oxygen atoms in total. The maximum absolute atomic E-state index is 12.8. The lowest BCUT2D eigenvalue weighted by molar-refractivity contribution is -0.141. The van der Waals surface area contributed by atoms with Crippen molar-refractivity contribution in [2.75, 3.05) is 17.2 Å². The van der Waals surface area contributed by atoms with Crippen molar-refractivity contribution in [3.05, 3.63) is 11.8 Å². The second-order valence-electron chi connectivity index (χ2n) is 4.96. The van der Waals surface area contributed by atoms with Crippen molar-refractivity contribution in [3.63, 3.8) is 0 Å². The first-order chi connectivity index (χ1) is 9.25. The summed E-state index contributed by atoms with van der Waals surface area (Å²) in [5.41, 5.74) is 4.40. The number of nitrogen functional groups attached to an aromatic ring is 1. The van der Waals surface area contributed by atoms with Crippen LogP contribution in [0.25, 0.3) is 0 Å². The van der Waals surface area contributed by atoms with E-state index < -0.39 is 11.9 Å². The zero-order valence-electron chi connectivity index (χ0n) is 12.0. The molecule has 1 aromatic rings. The highest BCUT2D eigenvalue weighted by atomic mass is 19.4. The second kappa shape index (κ2) is 6.76. The molecule has 0 aromatic carbocycles. The Balaban J connectivity index is 3.04. The van der Waals surface area contributed by atoms with E-state index in [0.717, 1.165) is 25.3 Å². The highest BCUT2D eigenvalue weighted by molar-refractivity contribution is 5.44. The molecule has 0 unspecified atom stereocenters. The van der Waals surface area contributed by atoms with Gasteiger partial charge in [-0.15, -0.1) is 0 Å². The van der Waals surface area contributed by atoms with Crippen molar-refractivity contribution >= 4 is 11.8 Å². The topological polar surface area (TPSA) is 55.0 Å². The monoisotopic (exact) mass is 290 g/mol. The van der Waals surface area contributed by atoms with Crippen molar-refractivity contribution in [1.29, 1.82) is 0 Å². The van der Waals surface area contributed by atoms with Gasteiger partial charge in [-0.05, 0) is 20.3 Å². The van der Waals surface area contributed by atoms with Crippen LogP contribution in [-0.2, 0) is 6.18 Å². The molecule has 7 heteroatoms. The summed E-state index contributed by atoms with van der Waals surface area (Å²) in [6, 6.07) is 1.00. The van der Waals surface area contributed by atoms with Gasteiger partial charge < -0.3 is 10.6 Å². The predicted molar refractivity (Wildman–Crippen MR) is 73.5 cm³/mol. The Morgan fingerprint density at radius 2 is 1.90 bits per heavy atom. The van der Waals surface area contributed by atoms with Crippen molar-refractivity contribution in [1.82, 2.24) is 9.97 Å². The Bertz CT molecular complexity index is 432. The van der Waals surface area contributed by atoms with Crippen molar-refractivity contribution in [2.45, 2.75) is 52.3 Å². The molecule has 0 saturated carbocycles. The van der Waals surface area contributed by atoms with E-state index in [1.54, 1.807) is 0 Å². The average molecular weight is 290 g/mol. The molecule has 1 aromatic heterocycles. The van der Waals surface area contributed by atoms with E-state index in [9.17, 15) is 13.2 Å². The maximum Gasteiger partial charge on any atom is 0.433 e. The van der Waals surface area contributed by atoms with Crippen molar-refractivity contribution in [2.24, 2.45) is 0 Å². The van der Waals surface area contributed by atoms with Gasteiger partial charge in [-0.2, -0.15) is 18.2 Å². The van der Waals surface area contributed by atoms with Gasteiger partial charge in [0.25, 0.3) is 0 Å². The summed E-state index contributed by atoms with van der Waals surface area (Å²) >= 11 is 0. The first-order valence-electron chi connectivity index (χ1n) is 6.74. The van der Waals surface area contributed by atoms with Crippen LogP contribution in [-0.4, -0.2) is 22.6 Å². The van der Waals surface area contributed by atoms with E-state index in [-0.39, 0.29) is 17.8 Å². The Hall–Kier alpha value is -1.53. The Morgan fingerprint density at radius 3 is 2.40 bits per heavy atom. The largest absolute Gasteiger partial charge is 0.433 e. The van der Waals surface area contributed by atoms with Crippen LogP contribution < -0.4 is 10.6 Å². The van der Waals surface area contributed by atoms with Gasteiger partial charge in [0, 0.05) is 18.7 Å². The Morgan fingerprint density at radius 1 is 1.25 bits per heavy atom. The molecule has 0 radical (unpaired) electrons. The first kappa shape index (κ1) is 16.5. The standard InChI is InChI=1S/C13H21F3N4/c1-4-5-6-7-20(9(2)3)11-8-10(13(14,15)16)18-12(17)19-11/h8-9H,4-7H2,1-3H3,(H2,17,18,19). The zero-order valence-corrected chi connectivity index (χ0v) is 12.0. The fraction of sp³-hybridized carbons (Fsp3) is 0.692. The lowest BCUT2D eigenvalue weighted by Gasteiger charge is -2.28. The van der Waals surface area contributed by atoms with E-state index in [0.29, 0.717) is 6.54 Å². The van der Waals surface area contributed by atoms with E-state index in [1.165, 1.54) is 0 Å². The van der Waals surface area contributed by atoms with Crippen LogP contribution in [0.2, 0.25) is 0 Å². The van der Waals surface area contributed by atoms with Gasteiger partial charge in [-0.25, -0.2) is 4.98 Å². The maximum atomic E-state index is 12.8. The third-order valence-corrected chi connectivity index (χ3v) is 2.94. The lowest BCUT2D eigenvalue weighted by Crippen LogP contribution is -2.33. The number of aromatic nitrogens is 2. The fourth-order valence-electron chi connectivity index (χ4n) is 1.91. The van der Waals surface area contributed by atoms with Crippen LogP contribution >= 0.6 is 0 Å². The SMILES string of the molecule is CCCCCN(c1cc(C(F)(F)F)nc(N)n1)C(C)C. The average Bonchev–Trinajstić information content (AvgIpc) is 2.32. The van der Waals surface area contributed by atoms with Crippen LogP contribution in [0.15, 0.2) is 6.07 Å². The lowest BCUT2D eigenvalue weighted by atomic mass is 10.2. The van der Waals surface area contributed by atoms with Crippen LogP contribution in [0.5, 0.6) is 0 Å². The molecule has 0 aliphatic carbocycles. The Kier molecular flexibility index (Phi) is 5.59. The molecule has 0 spiro atoms. The number of hydrogen-bond donors (Lipinski definition) is 1. The molecule has 0 bridgehead atoms. The zero-order chi connectivity index (χ0) is 15.3. The fourth-order valence-corrected chi connectivity index (χ4v) is 1.91. The summed E-state index contributed by atoms with van der Waals surface area (Å²) in [5, 5.41) is 0. The van der Waals surface area contributed by atoms with Gasteiger partial charge in [0.2, 0.25) is 5.95 Å². The molecule has 1 rings (SSSR count). The molecule has 0 atom stereocenters. The number of alkyl halides is 3. The molecule has 0 aliphatic heterocycles. The summed E-state index contributed by atoms with van der Waals surface area (Å²) < 4.78 is 38.3. The number of rotatable bonds is 6. The Labute approximate surface area is 117 Å². The highest BCUT2D eigenvalue weighted by Gasteiger charge is 2.34. The number of nitrogens with zero attached hydrogens (tertiary/aromatic N) is 3. The number of anilines is 2. The van der Waals surface area contributed by atoms with Gasteiger partial charge in [-0.1, -0.05) is 19.8 Å². The smallest absolute Gasteiger partial charge is 0.368 e. The quantitative estimate of drug-likeness (QED) is 0.815. The van der Waals surface area contributed by atoms with Gasteiger partial charge in [0.1, 0.15) is 5.82 Å². The van der Waals surface area contributed by atoms with E-state index in [4.69, 9.17) is 5.73 Å². The van der Waals surface area contributed by atoms with E-state index in [1.807, 2.05) is 18.7 Å². The molecule has 0 fully saturated rings. The number of unbranched alkanes of at least 4 members (excludes halogenated alkanes) is 2. The number of nitrogens with two attached hydrogens (primary N) is 1. The summed E-state index contributed by atoms with van der Waals surface area (Å²) in [5.74, 6) is -0.119. The summed E-state index contributed by atoms with van der Waals surface area (Å²) in [6.45, 7) is 6.55. The summed E-state index contributed by atoms with van der Waals surface area (Å²) in [4.78, 5) is 9.02. The highest BCUT2D eigenvalue weighted by Crippen LogP contribution is 2.30. The number of hydrogen-bond acceptors (Lipinski definition) is 4. The molecule has 1 heterocycles. The second-order valence-corrected chi connectivity index (χ2v) is 4.96. The molecule has 0 aliphatic rings. The minimum Gasteiger partial charge on any atom is -0.368 e. The van der Waals surface area contributed by atoms with Gasteiger partial charge in [0.15, 0.2) is 5.69 Å². The van der Waals surface area contributed by atoms with Crippen LogP contribution in [0, 0.1) is 0 Å².